The molecule has 8 heteroatoms. The molecule has 0 atom stereocenters. The Kier molecular flexibility index (Phi) is 5.32. The fourth-order valence-corrected chi connectivity index (χ4v) is 3.36. The molecule has 1 aromatic rings. The van der Waals surface area contributed by atoms with Gasteiger partial charge in [0.05, 0.1) is 6.61 Å². The van der Waals surface area contributed by atoms with E-state index in [2.05, 4.69) is 0 Å². The SMILES string of the molecule is CCOCCN(C)S(=O)(=O)c1c(C)oc(C)c1C(=O)O. The van der Waals surface area contributed by atoms with Gasteiger partial charge in [-0.25, -0.2) is 13.2 Å². The Morgan fingerprint density at radius 1 is 1.35 bits per heavy atom. The number of aryl methyl sites for hydroxylation is 2. The average Bonchev–Trinajstić information content (AvgIpc) is 2.64. The van der Waals surface area contributed by atoms with E-state index >= 15 is 0 Å². The maximum atomic E-state index is 12.4. The molecule has 0 amide bonds. The molecule has 20 heavy (non-hydrogen) atoms. The summed E-state index contributed by atoms with van der Waals surface area (Å²) in [6.45, 7) is 5.53. The number of sulfonamides is 1. The molecule has 0 unspecified atom stereocenters. The molecule has 0 radical (unpaired) electrons. The van der Waals surface area contributed by atoms with Crippen LogP contribution in [0.3, 0.4) is 0 Å². The van der Waals surface area contributed by atoms with Crippen molar-refractivity contribution in [3.8, 4) is 0 Å². The highest BCUT2D eigenvalue weighted by molar-refractivity contribution is 7.89. The third kappa shape index (κ3) is 3.20. The highest BCUT2D eigenvalue weighted by Crippen LogP contribution is 2.28. The number of hydrogen-bond acceptors (Lipinski definition) is 5. The van der Waals surface area contributed by atoms with Gasteiger partial charge in [-0.15, -0.1) is 0 Å². The third-order valence-corrected chi connectivity index (χ3v) is 4.85. The quantitative estimate of drug-likeness (QED) is 0.761. The van der Waals surface area contributed by atoms with Crippen LogP contribution in [-0.2, 0) is 14.8 Å². The van der Waals surface area contributed by atoms with E-state index in [9.17, 15) is 13.2 Å². The third-order valence-electron chi connectivity index (χ3n) is 2.84. The predicted molar refractivity (Wildman–Crippen MR) is 71.5 cm³/mol. The lowest BCUT2D eigenvalue weighted by molar-refractivity contribution is 0.0691. The highest BCUT2D eigenvalue weighted by Gasteiger charge is 2.33. The van der Waals surface area contributed by atoms with E-state index in [1.807, 2.05) is 0 Å². The topological polar surface area (TPSA) is 97.0 Å². The summed E-state index contributed by atoms with van der Waals surface area (Å²) in [5.41, 5.74) is -0.314. The Bertz CT molecular complexity index is 589. The number of rotatable bonds is 7. The molecule has 0 aromatic carbocycles. The summed E-state index contributed by atoms with van der Waals surface area (Å²) in [6.07, 6.45) is 0. The van der Waals surface area contributed by atoms with Crippen molar-refractivity contribution in [1.29, 1.82) is 0 Å². The Morgan fingerprint density at radius 3 is 2.45 bits per heavy atom. The standard InChI is InChI=1S/C12H19NO6S/c1-5-18-7-6-13(4)20(16,17)11-9(3)19-8(2)10(11)12(14)15/h5-7H2,1-4H3,(H,14,15). The number of likely N-dealkylation sites (N-methyl/N-ethyl adjacent to an activating group) is 1. The molecule has 114 valence electrons. The van der Waals surface area contributed by atoms with Crippen molar-refractivity contribution in [2.24, 2.45) is 0 Å². The minimum Gasteiger partial charge on any atom is -0.478 e. The van der Waals surface area contributed by atoms with Gasteiger partial charge in [0.2, 0.25) is 10.0 Å². The Balaban J connectivity index is 3.19. The van der Waals surface area contributed by atoms with Crippen molar-refractivity contribution in [3.05, 3.63) is 17.1 Å². The summed E-state index contributed by atoms with van der Waals surface area (Å²) in [5, 5.41) is 9.15. The zero-order valence-corrected chi connectivity index (χ0v) is 12.8. The van der Waals surface area contributed by atoms with Crippen LogP contribution in [0.5, 0.6) is 0 Å². The zero-order chi connectivity index (χ0) is 15.5. The van der Waals surface area contributed by atoms with Gasteiger partial charge in [0, 0.05) is 20.2 Å². The van der Waals surface area contributed by atoms with Crippen molar-refractivity contribution >= 4 is 16.0 Å². The van der Waals surface area contributed by atoms with E-state index in [4.69, 9.17) is 14.3 Å². The van der Waals surface area contributed by atoms with Crippen LogP contribution in [0, 0.1) is 13.8 Å². The Morgan fingerprint density at radius 2 is 1.95 bits per heavy atom. The maximum absolute atomic E-state index is 12.4. The first-order valence-electron chi connectivity index (χ1n) is 6.10. The highest BCUT2D eigenvalue weighted by atomic mass is 32.2. The van der Waals surface area contributed by atoms with Gasteiger partial charge in [0.15, 0.2) is 0 Å². The van der Waals surface area contributed by atoms with Crippen LogP contribution in [0.25, 0.3) is 0 Å². The number of hydrogen-bond donors (Lipinski definition) is 1. The molecular weight excluding hydrogens is 286 g/mol. The molecule has 0 spiro atoms. The van der Waals surface area contributed by atoms with Crippen molar-refractivity contribution in [2.45, 2.75) is 25.7 Å². The van der Waals surface area contributed by atoms with Crippen LogP contribution in [0.15, 0.2) is 9.31 Å². The Hall–Kier alpha value is -1.38. The first-order valence-corrected chi connectivity index (χ1v) is 7.54. The fourth-order valence-electron chi connectivity index (χ4n) is 1.83. The summed E-state index contributed by atoms with van der Waals surface area (Å²) in [5.74, 6) is -1.17. The molecule has 1 aromatic heterocycles. The lowest BCUT2D eigenvalue weighted by atomic mass is 10.2. The molecule has 1 N–H and O–H groups in total. The largest absolute Gasteiger partial charge is 0.478 e. The van der Waals surface area contributed by atoms with Crippen molar-refractivity contribution in [1.82, 2.24) is 4.31 Å². The van der Waals surface area contributed by atoms with Gasteiger partial charge in [-0.2, -0.15) is 4.31 Å². The second-order valence-electron chi connectivity index (χ2n) is 4.25. The fraction of sp³-hybridized carbons (Fsp3) is 0.583. The summed E-state index contributed by atoms with van der Waals surface area (Å²) in [6, 6.07) is 0. The van der Waals surface area contributed by atoms with E-state index in [1.165, 1.54) is 20.9 Å². The number of furan rings is 1. The first kappa shape index (κ1) is 16.7. The average molecular weight is 305 g/mol. The molecule has 0 aliphatic rings. The van der Waals surface area contributed by atoms with Crippen LogP contribution in [0.1, 0.15) is 28.8 Å². The second-order valence-corrected chi connectivity index (χ2v) is 6.23. The molecule has 0 bridgehead atoms. The van der Waals surface area contributed by atoms with E-state index in [-0.39, 0.29) is 35.1 Å². The van der Waals surface area contributed by atoms with Gasteiger partial charge in [-0.3, -0.25) is 0 Å². The van der Waals surface area contributed by atoms with Crippen LogP contribution < -0.4 is 0 Å². The molecular formula is C12H19NO6S. The lowest BCUT2D eigenvalue weighted by Gasteiger charge is -2.17. The number of aromatic carboxylic acids is 1. The molecule has 0 aliphatic carbocycles. The van der Waals surface area contributed by atoms with Gasteiger partial charge in [0.25, 0.3) is 0 Å². The van der Waals surface area contributed by atoms with Crippen molar-refractivity contribution < 1.29 is 27.5 Å². The van der Waals surface area contributed by atoms with Gasteiger partial charge in [-0.05, 0) is 20.8 Å². The second kappa shape index (κ2) is 6.38. The summed E-state index contributed by atoms with van der Waals surface area (Å²) < 4.78 is 36.2. The summed E-state index contributed by atoms with van der Waals surface area (Å²) in [4.78, 5) is 10.9. The normalized spacial score (nSPS) is 12.1. The van der Waals surface area contributed by atoms with Crippen LogP contribution in [-0.4, -0.2) is 50.6 Å². The van der Waals surface area contributed by atoms with Crippen molar-refractivity contribution in [3.63, 3.8) is 0 Å². The van der Waals surface area contributed by atoms with Gasteiger partial charge >= 0.3 is 5.97 Å². The number of nitrogens with zero attached hydrogens (tertiary/aromatic N) is 1. The van der Waals surface area contributed by atoms with E-state index in [0.29, 0.717) is 6.61 Å². The van der Waals surface area contributed by atoms with E-state index in [1.54, 1.807) is 6.92 Å². The first-order chi connectivity index (χ1) is 9.23. The number of ether oxygens (including phenoxy) is 1. The lowest BCUT2D eigenvalue weighted by Crippen LogP contribution is -2.31. The van der Waals surface area contributed by atoms with E-state index in [0.717, 1.165) is 4.31 Å². The molecule has 0 fully saturated rings. The molecule has 7 nitrogen and oxygen atoms in total. The molecule has 1 heterocycles. The minimum absolute atomic E-state index is 0.0724. The number of carboxylic acid groups (broad SMARTS) is 1. The number of carboxylic acids is 1. The molecule has 1 rings (SSSR count). The molecule has 0 aliphatic heterocycles. The predicted octanol–water partition coefficient (Wildman–Crippen LogP) is 1.25. The monoisotopic (exact) mass is 305 g/mol. The van der Waals surface area contributed by atoms with Crippen molar-refractivity contribution in [2.75, 3.05) is 26.8 Å². The van der Waals surface area contributed by atoms with E-state index < -0.39 is 16.0 Å². The van der Waals surface area contributed by atoms with Crippen LogP contribution in [0.4, 0.5) is 0 Å². The molecule has 0 saturated carbocycles. The summed E-state index contributed by atoms with van der Waals surface area (Å²) >= 11 is 0. The van der Waals surface area contributed by atoms with Crippen LogP contribution >= 0.6 is 0 Å². The minimum atomic E-state index is -3.93. The Labute approximate surface area is 118 Å². The van der Waals surface area contributed by atoms with Gasteiger partial charge in [0.1, 0.15) is 22.0 Å². The van der Waals surface area contributed by atoms with Gasteiger partial charge < -0.3 is 14.3 Å². The smallest absolute Gasteiger partial charge is 0.340 e. The van der Waals surface area contributed by atoms with Crippen LogP contribution in [0.2, 0.25) is 0 Å². The summed E-state index contributed by atoms with van der Waals surface area (Å²) in [7, 11) is -2.55. The van der Waals surface area contributed by atoms with Gasteiger partial charge in [-0.1, -0.05) is 0 Å². The number of carbonyl (C=O) groups is 1. The zero-order valence-electron chi connectivity index (χ0n) is 12.0. The molecule has 0 saturated heterocycles. The maximum Gasteiger partial charge on any atom is 0.340 e.